The van der Waals surface area contributed by atoms with Crippen LogP contribution in [0.15, 0.2) is 29.8 Å². The lowest BCUT2D eigenvalue weighted by molar-refractivity contribution is -0.117. The van der Waals surface area contributed by atoms with Crippen LogP contribution in [0.5, 0.6) is 0 Å². The second-order valence-corrected chi connectivity index (χ2v) is 5.56. The fraction of sp³-hybridized carbons (Fsp3) is 0.400. The molecule has 0 saturated carbocycles. The Bertz CT molecular complexity index is 477. The van der Waals surface area contributed by atoms with Gasteiger partial charge in [-0.2, -0.15) is 0 Å². The second kappa shape index (κ2) is 6.40. The van der Waals surface area contributed by atoms with Gasteiger partial charge in [-0.05, 0) is 43.4 Å². The zero-order chi connectivity index (χ0) is 13.0. The van der Waals surface area contributed by atoms with Crippen molar-refractivity contribution in [3.63, 3.8) is 0 Å². The maximum atomic E-state index is 12.0. The molecule has 96 valence electrons. The molecule has 1 aromatic rings. The van der Waals surface area contributed by atoms with Crippen LogP contribution in [0.2, 0.25) is 10.0 Å². The van der Waals surface area contributed by atoms with Crippen LogP contribution in [0.4, 0.5) is 0 Å². The molecule has 1 aliphatic rings. The molecular formula is C15H16Cl2O. The van der Waals surface area contributed by atoms with Crippen molar-refractivity contribution in [1.29, 1.82) is 0 Å². The molecule has 0 N–H and O–H groups in total. The Hall–Kier alpha value is -0.790. The van der Waals surface area contributed by atoms with Gasteiger partial charge in [-0.15, -0.1) is 0 Å². The van der Waals surface area contributed by atoms with Crippen LogP contribution in [-0.2, 0) is 11.2 Å². The van der Waals surface area contributed by atoms with E-state index in [1.165, 1.54) is 18.4 Å². The maximum absolute atomic E-state index is 12.0. The molecule has 0 fully saturated rings. The van der Waals surface area contributed by atoms with Crippen molar-refractivity contribution in [3.8, 4) is 0 Å². The zero-order valence-corrected chi connectivity index (χ0v) is 11.7. The van der Waals surface area contributed by atoms with E-state index in [2.05, 4.69) is 6.08 Å². The van der Waals surface area contributed by atoms with Crippen molar-refractivity contribution in [2.75, 3.05) is 0 Å². The SMILES string of the molecule is O=C(CC1=CCCCC1)Cc1ccc(Cl)c(Cl)c1. The summed E-state index contributed by atoms with van der Waals surface area (Å²) in [6.45, 7) is 0. The summed E-state index contributed by atoms with van der Waals surface area (Å²) >= 11 is 11.8. The molecule has 2 rings (SSSR count). The number of rotatable bonds is 4. The van der Waals surface area contributed by atoms with Crippen LogP contribution in [0.25, 0.3) is 0 Å². The van der Waals surface area contributed by atoms with E-state index in [0.717, 1.165) is 18.4 Å². The molecule has 0 radical (unpaired) electrons. The van der Waals surface area contributed by atoms with Gasteiger partial charge in [0.1, 0.15) is 5.78 Å². The first-order chi connectivity index (χ1) is 8.65. The van der Waals surface area contributed by atoms with E-state index in [1.807, 2.05) is 6.07 Å². The molecule has 0 saturated heterocycles. The zero-order valence-electron chi connectivity index (χ0n) is 10.2. The first kappa shape index (κ1) is 13.6. The highest BCUT2D eigenvalue weighted by Crippen LogP contribution is 2.24. The molecule has 1 aliphatic carbocycles. The van der Waals surface area contributed by atoms with E-state index in [1.54, 1.807) is 12.1 Å². The van der Waals surface area contributed by atoms with Gasteiger partial charge in [-0.25, -0.2) is 0 Å². The Morgan fingerprint density at radius 2 is 1.94 bits per heavy atom. The smallest absolute Gasteiger partial charge is 0.141 e. The molecule has 0 atom stereocenters. The predicted octanol–water partition coefficient (Wildman–Crippen LogP) is 5.00. The minimum atomic E-state index is 0.251. The highest BCUT2D eigenvalue weighted by molar-refractivity contribution is 6.42. The van der Waals surface area contributed by atoms with Crippen molar-refractivity contribution < 1.29 is 4.79 Å². The Balaban J connectivity index is 1.94. The van der Waals surface area contributed by atoms with Gasteiger partial charge in [0.2, 0.25) is 0 Å². The summed E-state index contributed by atoms with van der Waals surface area (Å²) in [4.78, 5) is 12.0. The summed E-state index contributed by atoms with van der Waals surface area (Å²) in [6.07, 6.45) is 7.91. The monoisotopic (exact) mass is 282 g/mol. The largest absolute Gasteiger partial charge is 0.299 e. The van der Waals surface area contributed by atoms with Crippen LogP contribution < -0.4 is 0 Å². The molecule has 3 heteroatoms. The first-order valence-electron chi connectivity index (χ1n) is 6.28. The summed E-state index contributed by atoms with van der Waals surface area (Å²) in [5, 5.41) is 1.04. The molecule has 0 aromatic heterocycles. The number of halogens is 2. The summed E-state index contributed by atoms with van der Waals surface area (Å²) in [7, 11) is 0. The van der Waals surface area contributed by atoms with Gasteiger partial charge >= 0.3 is 0 Å². The molecule has 18 heavy (non-hydrogen) atoms. The Morgan fingerprint density at radius 3 is 2.61 bits per heavy atom. The van der Waals surface area contributed by atoms with Gasteiger partial charge in [0.15, 0.2) is 0 Å². The highest BCUT2D eigenvalue weighted by atomic mass is 35.5. The fourth-order valence-electron chi connectivity index (χ4n) is 2.26. The Labute approximate surface area is 118 Å². The normalized spacial score (nSPS) is 15.3. The van der Waals surface area contributed by atoms with E-state index >= 15 is 0 Å². The van der Waals surface area contributed by atoms with Gasteiger partial charge in [-0.3, -0.25) is 4.79 Å². The molecule has 0 unspecified atom stereocenters. The molecule has 0 spiro atoms. The van der Waals surface area contributed by atoms with Crippen LogP contribution in [-0.4, -0.2) is 5.78 Å². The number of benzene rings is 1. The van der Waals surface area contributed by atoms with Crippen molar-refractivity contribution in [2.24, 2.45) is 0 Å². The number of carbonyl (C=O) groups excluding carboxylic acids is 1. The average molecular weight is 283 g/mol. The highest BCUT2D eigenvalue weighted by Gasteiger charge is 2.10. The molecule has 0 aliphatic heterocycles. The maximum Gasteiger partial charge on any atom is 0.141 e. The number of hydrogen-bond donors (Lipinski definition) is 0. The summed E-state index contributed by atoms with van der Waals surface area (Å²) in [6, 6.07) is 5.38. The molecular weight excluding hydrogens is 267 g/mol. The van der Waals surface area contributed by atoms with E-state index < -0.39 is 0 Å². The predicted molar refractivity (Wildman–Crippen MR) is 76.3 cm³/mol. The van der Waals surface area contributed by atoms with Crippen LogP contribution in [0.3, 0.4) is 0 Å². The van der Waals surface area contributed by atoms with Crippen LogP contribution in [0, 0.1) is 0 Å². The third kappa shape index (κ3) is 3.86. The fourth-order valence-corrected chi connectivity index (χ4v) is 2.58. The van der Waals surface area contributed by atoms with Crippen molar-refractivity contribution in [3.05, 3.63) is 45.5 Å². The minimum Gasteiger partial charge on any atom is -0.299 e. The quantitative estimate of drug-likeness (QED) is 0.711. The first-order valence-corrected chi connectivity index (χ1v) is 7.04. The summed E-state index contributed by atoms with van der Waals surface area (Å²) < 4.78 is 0. The third-order valence-corrected chi connectivity index (χ3v) is 3.93. The number of carbonyl (C=O) groups is 1. The van der Waals surface area contributed by atoms with Gasteiger partial charge in [-0.1, -0.05) is 40.9 Å². The lowest BCUT2D eigenvalue weighted by Gasteiger charge is -2.11. The summed E-state index contributed by atoms with van der Waals surface area (Å²) in [5.74, 6) is 0.251. The van der Waals surface area contributed by atoms with Gasteiger partial charge in [0, 0.05) is 12.8 Å². The van der Waals surface area contributed by atoms with Crippen molar-refractivity contribution in [1.82, 2.24) is 0 Å². The van der Waals surface area contributed by atoms with E-state index in [9.17, 15) is 4.79 Å². The molecule has 1 aromatic carbocycles. The number of hydrogen-bond acceptors (Lipinski definition) is 1. The van der Waals surface area contributed by atoms with Gasteiger partial charge < -0.3 is 0 Å². The lowest BCUT2D eigenvalue weighted by atomic mass is 9.94. The average Bonchev–Trinajstić information content (AvgIpc) is 2.35. The summed E-state index contributed by atoms with van der Waals surface area (Å²) in [5.41, 5.74) is 2.23. The molecule has 0 bridgehead atoms. The topological polar surface area (TPSA) is 17.1 Å². The molecule has 0 heterocycles. The van der Waals surface area contributed by atoms with Crippen LogP contribution in [0.1, 0.15) is 37.7 Å². The standard InChI is InChI=1S/C15H16Cl2O/c16-14-7-6-12(10-15(14)17)9-13(18)8-11-4-2-1-3-5-11/h4,6-7,10H,1-3,5,8-9H2. The number of allylic oxidation sites excluding steroid dienone is 2. The molecule has 1 nitrogen and oxygen atoms in total. The van der Waals surface area contributed by atoms with E-state index in [0.29, 0.717) is 22.9 Å². The lowest BCUT2D eigenvalue weighted by Crippen LogP contribution is -2.05. The Morgan fingerprint density at radius 1 is 1.11 bits per heavy atom. The molecule has 0 amide bonds. The van der Waals surface area contributed by atoms with Gasteiger partial charge in [0.25, 0.3) is 0 Å². The Kier molecular flexibility index (Phi) is 4.85. The number of ketones is 1. The van der Waals surface area contributed by atoms with Gasteiger partial charge in [0.05, 0.1) is 10.0 Å². The second-order valence-electron chi connectivity index (χ2n) is 4.75. The number of Topliss-reactive ketones (excluding diaryl/α,β-unsaturated/α-hetero) is 1. The van der Waals surface area contributed by atoms with E-state index in [-0.39, 0.29) is 5.78 Å². The van der Waals surface area contributed by atoms with Crippen molar-refractivity contribution in [2.45, 2.75) is 38.5 Å². The van der Waals surface area contributed by atoms with Crippen LogP contribution >= 0.6 is 23.2 Å². The minimum absolute atomic E-state index is 0.251. The van der Waals surface area contributed by atoms with Crippen molar-refractivity contribution >= 4 is 29.0 Å². The third-order valence-electron chi connectivity index (χ3n) is 3.19. The van der Waals surface area contributed by atoms with E-state index in [4.69, 9.17) is 23.2 Å².